The third kappa shape index (κ3) is 2.63. The Bertz CT molecular complexity index is 760. The van der Waals surface area contributed by atoms with E-state index in [9.17, 15) is 4.79 Å². The predicted octanol–water partition coefficient (Wildman–Crippen LogP) is 3.66. The number of anilines is 1. The van der Waals surface area contributed by atoms with Crippen LogP contribution in [-0.2, 0) is 11.2 Å². The molecule has 0 radical (unpaired) electrons. The van der Waals surface area contributed by atoms with Crippen molar-refractivity contribution in [2.24, 2.45) is 0 Å². The van der Waals surface area contributed by atoms with Gasteiger partial charge in [0.25, 0.3) is 0 Å². The van der Waals surface area contributed by atoms with Crippen LogP contribution in [-0.4, -0.2) is 27.2 Å². The minimum Gasteiger partial charge on any atom is -0.493 e. The number of hydrogen-bond donors (Lipinski definition) is 0. The van der Waals surface area contributed by atoms with Gasteiger partial charge in [0.05, 0.1) is 25.2 Å². The molecule has 2 aromatic rings. The molecule has 120 valence electrons. The standard InChI is InChI=1S/C18H18ClNO3/c1-20-15-7-5-4-6-12(15)13(18(20)21)8-11-9-14(19)17(23-3)16(10-11)22-2/h4-7,9-10,13H,8H2,1-3H3/t13-/m0/s1. The van der Waals surface area contributed by atoms with Gasteiger partial charge in [-0.1, -0.05) is 29.8 Å². The number of benzene rings is 2. The Kier molecular flexibility index (Phi) is 4.18. The zero-order valence-electron chi connectivity index (χ0n) is 13.3. The van der Waals surface area contributed by atoms with Crippen LogP contribution in [0.3, 0.4) is 0 Å². The molecule has 1 aliphatic heterocycles. The summed E-state index contributed by atoms with van der Waals surface area (Å²) in [5.74, 6) is 0.970. The van der Waals surface area contributed by atoms with Crippen LogP contribution in [0.1, 0.15) is 17.0 Å². The van der Waals surface area contributed by atoms with Crippen molar-refractivity contribution < 1.29 is 14.3 Å². The van der Waals surface area contributed by atoms with Gasteiger partial charge in [-0.25, -0.2) is 0 Å². The van der Waals surface area contributed by atoms with Gasteiger partial charge < -0.3 is 14.4 Å². The van der Waals surface area contributed by atoms with Crippen LogP contribution in [0.15, 0.2) is 36.4 Å². The van der Waals surface area contributed by atoms with E-state index >= 15 is 0 Å². The average molecular weight is 332 g/mol. The topological polar surface area (TPSA) is 38.8 Å². The highest BCUT2D eigenvalue weighted by molar-refractivity contribution is 6.32. The largest absolute Gasteiger partial charge is 0.493 e. The molecule has 0 fully saturated rings. The van der Waals surface area contributed by atoms with Crippen molar-refractivity contribution in [1.29, 1.82) is 0 Å². The van der Waals surface area contributed by atoms with Gasteiger partial charge in [-0.15, -0.1) is 0 Å². The van der Waals surface area contributed by atoms with E-state index in [2.05, 4.69) is 0 Å². The first kappa shape index (κ1) is 15.7. The second-order valence-corrected chi connectivity index (χ2v) is 5.93. The highest BCUT2D eigenvalue weighted by Gasteiger charge is 2.34. The smallest absolute Gasteiger partial charge is 0.234 e. The van der Waals surface area contributed by atoms with E-state index in [1.807, 2.05) is 43.4 Å². The number of carbonyl (C=O) groups excluding carboxylic acids is 1. The summed E-state index contributed by atoms with van der Waals surface area (Å²) >= 11 is 6.26. The van der Waals surface area contributed by atoms with Gasteiger partial charge in [0, 0.05) is 12.7 Å². The minimum atomic E-state index is -0.203. The van der Waals surface area contributed by atoms with E-state index in [-0.39, 0.29) is 11.8 Å². The predicted molar refractivity (Wildman–Crippen MR) is 90.9 cm³/mol. The molecule has 0 aromatic heterocycles. The van der Waals surface area contributed by atoms with Crippen molar-refractivity contribution in [3.8, 4) is 11.5 Å². The quantitative estimate of drug-likeness (QED) is 0.858. The Morgan fingerprint density at radius 2 is 1.91 bits per heavy atom. The zero-order valence-corrected chi connectivity index (χ0v) is 14.1. The highest BCUT2D eigenvalue weighted by Crippen LogP contribution is 2.41. The monoisotopic (exact) mass is 331 g/mol. The van der Waals surface area contributed by atoms with E-state index < -0.39 is 0 Å². The Balaban J connectivity index is 1.97. The van der Waals surface area contributed by atoms with Gasteiger partial charge >= 0.3 is 0 Å². The van der Waals surface area contributed by atoms with Crippen LogP contribution in [0.25, 0.3) is 0 Å². The molecule has 2 aromatic carbocycles. The Morgan fingerprint density at radius 1 is 1.17 bits per heavy atom. The fourth-order valence-corrected chi connectivity index (χ4v) is 3.41. The molecule has 23 heavy (non-hydrogen) atoms. The van der Waals surface area contributed by atoms with E-state index in [1.54, 1.807) is 19.1 Å². The van der Waals surface area contributed by atoms with Crippen LogP contribution in [0.4, 0.5) is 5.69 Å². The number of para-hydroxylation sites is 1. The normalized spacial score (nSPS) is 16.4. The van der Waals surface area contributed by atoms with Crippen LogP contribution in [0, 0.1) is 0 Å². The molecule has 5 heteroatoms. The van der Waals surface area contributed by atoms with Gasteiger partial charge in [-0.2, -0.15) is 0 Å². The van der Waals surface area contributed by atoms with Crippen molar-refractivity contribution >= 4 is 23.2 Å². The molecule has 4 nitrogen and oxygen atoms in total. The van der Waals surface area contributed by atoms with Crippen molar-refractivity contribution in [3.63, 3.8) is 0 Å². The molecular formula is C18H18ClNO3. The third-order valence-electron chi connectivity index (χ3n) is 4.24. The van der Waals surface area contributed by atoms with Gasteiger partial charge in [0.2, 0.25) is 5.91 Å². The molecule has 1 aliphatic rings. The number of carbonyl (C=O) groups is 1. The number of fused-ring (bicyclic) bond motifs is 1. The first-order chi connectivity index (χ1) is 11.1. The lowest BCUT2D eigenvalue weighted by Gasteiger charge is -2.14. The third-order valence-corrected chi connectivity index (χ3v) is 4.52. The molecule has 0 saturated heterocycles. The summed E-state index contributed by atoms with van der Waals surface area (Å²) in [6.45, 7) is 0. The minimum absolute atomic E-state index is 0.0945. The van der Waals surface area contributed by atoms with E-state index in [0.717, 1.165) is 16.8 Å². The summed E-state index contributed by atoms with van der Waals surface area (Å²) in [5.41, 5.74) is 2.95. The summed E-state index contributed by atoms with van der Waals surface area (Å²) < 4.78 is 10.6. The number of nitrogens with zero attached hydrogens (tertiary/aromatic N) is 1. The van der Waals surface area contributed by atoms with E-state index in [0.29, 0.717) is 22.9 Å². The summed E-state index contributed by atoms with van der Waals surface area (Å²) in [6, 6.07) is 11.6. The average Bonchev–Trinajstić information content (AvgIpc) is 2.80. The first-order valence-corrected chi connectivity index (χ1v) is 7.71. The number of amides is 1. The van der Waals surface area contributed by atoms with Crippen LogP contribution in [0.5, 0.6) is 11.5 Å². The molecule has 3 rings (SSSR count). The molecule has 1 heterocycles. The van der Waals surface area contributed by atoms with Crippen molar-refractivity contribution in [2.45, 2.75) is 12.3 Å². The molecule has 0 saturated carbocycles. The van der Waals surface area contributed by atoms with Gasteiger partial charge in [-0.3, -0.25) is 4.79 Å². The summed E-state index contributed by atoms with van der Waals surface area (Å²) in [5, 5.41) is 0.480. The fourth-order valence-electron chi connectivity index (χ4n) is 3.10. The maximum atomic E-state index is 12.6. The van der Waals surface area contributed by atoms with Crippen molar-refractivity contribution in [1.82, 2.24) is 0 Å². The summed E-state index contributed by atoms with van der Waals surface area (Å²) in [4.78, 5) is 14.3. The molecular weight excluding hydrogens is 314 g/mol. The van der Waals surface area contributed by atoms with Gasteiger partial charge in [0.1, 0.15) is 0 Å². The maximum Gasteiger partial charge on any atom is 0.234 e. The lowest BCUT2D eigenvalue weighted by atomic mass is 9.93. The SMILES string of the molecule is COc1cc(C[C@@H]2C(=O)N(C)c3ccccc32)cc(Cl)c1OC. The first-order valence-electron chi connectivity index (χ1n) is 7.33. The molecule has 1 amide bonds. The number of halogens is 1. The van der Waals surface area contributed by atoms with Crippen molar-refractivity contribution in [3.05, 3.63) is 52.5 Å². The molecule has 0 spiro atoms. The second kappa shape index (κ2) is 6.13. The van der Waals surface area contributed by atoms with E-state index in [4.69, 9.17) is 21.1 Å². The summed E-state index contributed by atoms with van der Waals surface area (Å²) in [6.07, 6.45) is 0.570. The summed E-state index contributed by atoms with van der Waals surface area (Å²) in [7, 11) is 4.93. The second-order valence-electron chi connectivity index (χ2n) is 5.53. The highest BCUT2D eigenvalue weighted by atomic mass is 35.5. The fraction of sp³-hybridized carbons (Fsp3) is 0.278. The molecule has 0 aliphatic carbocycles. The molecule has 0 bridgehead atoms. The number of hydrogen-bond acceptors (Lipinski definition) is 3. The molecule has 1 atom stereocenters. The number of ether oxygens (including phenoxy) is 2. The number of methoxy groups -OCH3 is 2. The Morgan fingerprint density at radius 3 is 2.61 bits per heavy atom. The Hall–Kier alpha value is -2.20. The van der Waals surface area contributed by atoms with Crippen molar-refractivity contribution in [2.75, 3.05) is 26.2 Å². The van der Waals surface area contributed by atoms with Gasteiger partial charge in [0.15, 0.2) is 11.5 Å². The van der Waals surface area contributed by atoms with Crippen LogP contribution in [0.2, 0.25) is 5.02 Å². The number of rotatable bonds is 4. The number of likely N-dealkylation sites (N-methyl/N-ethyl adjacent to an activating group) is 1. The van der Waals surface area contributed by atoms with Crippen LogP contribution >= 0.6 is 11.6 Å². The lowest BCUT2D eigenvalue weighted by Crippen LogP contribution is -2.24. The zero-order chi connectivity index (χ0) is 16.6. The van der Waals surface area contributed by atoms with Crippen LogP contribution < -0.4 is 14.4 Å². The molecule has 0 unspecified atom stereocenters. The Labute approximate surface area is 140 Å². The lowest BCUT2D eigenvalue weighted by molar-refractivity contribution is -0.119. The van der Waals surface area contributed by atoms with E-state index in [1.165, 1.54) is 0 Å². The molecule has 0 N–H and O–H groups in total. The maximum absolute atomic E-state index is 12.6. The van der Waals surface area contributed by atoms with Gasteiger partial charge in [-0.05, 0) is 35.7 Å².